The predicted octanol–water partition coefficient (Wildman–Crippen LogP) is 3.62. The quantitative estimate of drug-likeness (QED) is 0.772. The molecule has 0 saturated carbocycles. The molecule has 0 bridgehead atoms. The molecule has 0 fully saturated rings. The van der Waals surface area contributed by atoms with Crippen molar-refractivity contribution in [1.29, 1.82) is 0 Å². The zero-order valence-electron chi connectivity index (χ0n) is 15.3. The predicted molar refractivity (Wildman–Crippen MR) is 99.4 cm³/mol. The highest BCUT2D eigenvalue weighted by molar-refractivity contribution is 5.99. The fraction of sp³-hybridized carbons (Fsp3) is 0.286. The van der Waals surface area contributed by atoms with E-state index in [1.54, 1.807) is 24.1 Å². The number of aromatic carboxylic acids is 1. The van der Waals surface area contributed by atoms with Crippen LogP contribution in [0.25, 0.3) is 0 Å². The van der Waals surface area contributed by atoms with Gasteiger partial charge in [0.15, 0.2) is 5.78 Å². The number of carboxylic acid groups (broad SMARTS) is 1. The van der Waals surface area contributed by atoms with Gasteiger partial charge in [-0.3, -0.25) is 9.59 Å². The number of ketones is 1. The first-order chi connectivity index (χ1) is 12.3. The molecule has 0 aliphatic heterocycles. The van der Waals surface area contributed by atoms with Crippen molar-refractivity contribution in [2.45, 2.75) is 33.2 Å². The topological polar surface area (TPSA) is 74.7 Å². The molecule has 0 saturated heterocycles. The minimum Gasteiger partial charge on any atom is -0.478 e. The molecule has 0 radical (unpaired) electrons. The zero-order valence-corrected chi connectivity index (χ0v) is 15.3. The number of hydrogen-bond donors (Lipinski definition) is 1. The number of rotatable bonds is 7. The van der Waals surface area contributed by atoms with E-state index in [0.717, 1.165) is 16.7 Å². The molecule has 0 unspecified atom stereocenters. The largest absolute Gasteiger partial charge is 0.478 e. The summed E-state index contributed by atoms with van der Waals surface area (Å²) in [5.41, 5.74) is 3.66. The Labute approximate surface area is 153 Å². The first-order valence-electron chi connectivity index (χ1n) is 8.44. The van der Waals surface area contributed by atoms with Crippen molar-refractivity contribution in [3.8, 4) is 0 Å². The number of carbonyl (C=O) groups excluding carboxylic acids is 2. The van der Waals surface area contributed by atoms with Gasteiger partial charge in [0.2, 0.25) is 5.91 Å². The molecule has 0 aromatic heterocycles. The van der Waals surface area contributed by atoms with Crippen LogP contribution in [-0.4, -0.2) is 34.7 Å². The molecule has 0 spiro atoms. The van der Waals surface area contributed by atoms with Crippen LogP contribution >= 0.6 is 0 Å². The van der Waals surface area contributed by atoms with Gasteiger partial charge < -0.3 is 10.0 Å². The van der Waals surface area contributed by atoms with Crippen molar-refractivity contribution in [2.24, 2.45) is 0 Å². The van der Waals surface area contributed by atoms with Gasteiger partial charge in [-0.1, -0.05) is 29.8 Å². The van der Waals surface area contributed by atoms with E-state index in [1.807, 2.05) is 32.0 Å². The summed E-state index contributed by atoms with van der Waals surface area (Å²) in [6.07, 6.45) is 0.321. The van der Waals surface area contributed by atoms with Gasteiger partial charge in [0.1, 0.15) is 0 Å². The molecular weight excluding hydrogens is 330 g/mol. The third kappa shape index (κ3) is 5.02. The maximum Gasteiger partial charge on any atom is 0.335 e. The van der Waals surface area contributed by atoms with E-state index in [0.29, 0.717) is 12.1 Å². The van der Waals surface area contributed by atoms with Crippen LogP contribution in [0.15, 0.2) is 42.5 Å². The number of aryl methyl sites for hydroxylation is 2. The lowest BCUT2D eigenvalue weighted by Gasteiger charge is -2.17. The Bertz CT molecular complexity index is 824. The summed E-state index contributed by atoms with van der Waals surface area (Å²) in [6, 6.07) is 12.1. The average Bonchev–Trinajstić information content (AvgIpc) is 2.61. The number of benzene rings is 2. The number of carboxylic acids is 1. The third-order valence-corrected chi connectivity index (χ3v) is 4.31. The van der Waals surface area contributed by atoms with Crippen molar-refractivity contribution in [3.63, 3.8) is 0 Å². The number of nitrogens with zero attached hydrogens (tertiary/aromatic N) is 1. The molecule has 0 heterocycles. The van der Waals surface area contributed by atoms with Crippen LogP contribution in [0.5, 0.6) is 0 Å². The number of carbonyl (C=O) groups is 3. The Morgan fingerprint density at radius 1 is 0.962 bits per heavy atom. The monoisotopic (exact) mass is 353 g/mol. The third-order valence-electron chi connectivity index (χ3n) is 4.31. The molecular formula is C21H23NO4. The van der Waals surface area contributed by atoms with Crippen LogP contribution in [0.2, 0.25) is 0 Å². The van der Waals surface area contributed by atoms with E-state index < -0.39 is 5.97 Å². The lowest BCUT2D eigenvalue weighted by Crippen LogP contribution is -2.26. The molecule has 26 heavy (non-hydrogen) atoms. The van der Waals surface area contributed by atoms with Gasteiger partial charge >= 0.3 is 5.97 Å². The summed E-state index contributed by atoms with van der Waals surface area (Å²) in [4.78, 5) is 37.1. The van der Waals surface area contributed by atoms with Crippen LogP contribution in [-0.2, 0) is 11.3 Å². The van der Waals surface area contributed by atoms with Gasteiger partial charge in [-0.25, -0.2) is 4.79 Å². The van der Waals surface area contributed by atoms with Gasteiger partial charge in [0, 0.05) is 32.0 Å². The fourth-order valence-corrected chi connectivity index (χ4v) is 2.70. The number of amides is 1. The first-order valence-corrected chi connectivity index (χ1v) is 8.44. The Hall–Kier alpha value is -2.95. The van der Waals surface area contributed by atoms with Crippen molar-refractivity contribution in [3.05, 3.63) is 70.3 Å². The molecule has 0 aliphatic carbocycles. The van der Waals surface area contributed by atoms with Crippen molar-refractivity contribution in [2.75, 3.05) is 7.05 Å². The molecule has 0 aliphatic rings. The van der Waals surface area contributed by atoms with Crippen molar-refractivity contribution < 1.29 is 19.5 Å². The Morgan fingerprint density at radius 2 is 1.62 bits per heavy atom. The van der Waals surface area contributed by atoms with Gasteiger partial charge in [-0.05, 0) is 43.2 Å². The molecule has 5 heteroatoms. The molecule has 2 aromatic carbocycles. The summed E-state index contributed by atoms with van der Waals surface area (Å²) in [5.74, 6) is -1.13. The van der Waals surface area contributed by atoms with E-state index in [2.05, 4.69) is 0 Å². The first kappa shape index (κ1) is 19.4. The molecule has 2 aromatic rings. The van der Waals surface area contributed by atoms with E-state index in [9.17, 15) is 14.4 Å². The van der Waals surface area contributed by atoms with E-state index >= 15 is 0 Å². The smallest absolute Gasteiger partial charge is 0.335 e. The van der Waals surface area contributed by atoms with E-state index in [4.69, 9.17) is 5.11 Å². The molecule has 1 N–H and O–H groups in total. The molecule has 5 nitrogen and oxygen atoms in total. The maximum absolute atomic E-state index is 12.4. The van der Waals surface area contributed by atoms with Gasteiger partial charge in [-0.2, -0.15) is 0 Å². The van der Waals surface area contributed by atoms with Crippen LogP contribution in [0.4, 0.5) is 0 Å². The summed E-state index contributed by atoms with van der Waals surface area (Å²) < 4.78 is 0. The second-order valence-corrected chi connectivity index (χ2v) is 6.49. The molecule has 136 valence electrons. The van der Waals surface area contributed by atoms with Crippen molar-refractivity contribution >= 4 is 17.7 Å². The lowest BCUT2D eigenvalue weighted by atomic mass is 9.99. The highest BCUT2D eigenvalue weighted by Crippen LogP contribution is 2.15. The summed E-state index contributed by atoms with van der Waals surface area (Å²) in [6.45, 7) is 4.20. The highest BCUT2D eigenvalue weighted by Gasteiger charge is 2.15. The van der Waals surface area contributed by atoms with Gasteiger partial charge in [-0.15, -0.1) is 0 Å². The van der Waals surface area contributed by atoms with Crippen LogP contribution in [0.3, 0.4) is 0 Å². The maximum atomic E-state index is 12.4. The van der Waals surface area contributed by atoms with Gasteiger partial charge in [0.25, 0.3) is 0 Å². The number of Topliss-reactive ketones (excluding diaryl/α,β-unsaturated/α-hetero) is 1. The minimum atomic E-state index is -0.981. The normalized spacial score (nSPS) is 10.4. The molecule has 1 amide bonds. The lowest BCUT2D eigenvalue weighted by molar-refractivity contribution is -0.130. The summed E-state index contributed by atoms with van der Waals surface area (Å²) in [7, 11) is 1.68. The fourth-order valence-electron chi connectivity index (χ4n) is 2.70. The second-order valence-electron chi connectivity index (χ2n) is 6.49. The standard InChI is InChI=1S/C21H23NO4/c1-14-4-5-15(2)18(12-14)19(23)10-11-20(24)22(3)13-16-6-8-17(9-7-16)21(25)26/h4-9,12H,10-11,13H2,1-3H3,(H,25,26). The van der Waals surface area contributed by atoms with E-state index in [-0.39, 0.29) is 30.1 Å². The average molecular weight is 353 g/mol. The minimum absolute atomic E-state index is 0.0289. The van der Waals surface area contributed by atoms with Gasteiger partial charge in [0.05, 0.1) is 5.56 Å². The SMILES string of the molecule is Cc1ccc(C)c(C(=O)CCC(=O)N(C)Cc2ccc(C(=O)O)cc2)c1. The van der Waals surface area contributed by atoms with Crippen LogP contribution < -0.4 is 0 Å². The van der Waals surface area contributed by atoms with E-state index in [1.165, 1.54) is 12.1 Å². The summed E-state index contributed by atoms with van der Waals surface area (Å²) >= 11 is 0. The zero-order chi connectivity index (χ0) is 19.3. The Kier molecular flexibility index (Phi) is 6.28. The van der Waals surface area contributed by atoms with Crippen molar-refractivity contribution in [1.82, 2.24) is 4.90 Å². The second kappa shape index (κ2) is 8.43. The Morgan fingerprint density at radius 3 is 2.23 bits per heavy atom. The summed E-state index contributed by atoms with van der Waals surface area (Å²) in [5, 5.41) is 8.90. The van der Waals surface area contributed by atoms with Crippen LogP contribution in [0, 0.1) is 13.8 Å². The molecule has 0 atom stereocenters. The molecule has 2 rings (SSSR count). The number of hydrogen-bond acceptors (Lipinski definition) is 3. The highest BCUT2D eigenvalue weighted by atomic mass is 16.4. The van der Waals surface area contributed by atoms with Crippen LogP contribution in [0.1, 0.15) is 50.2 Å². The Balaban J connectivity index is 1.91.